The second kappa shape index (κ2) is 8.59. The van der Waals surface area contributed by atoms with Crippen molar-refractivity contribution in [3.63, 3.8) is 0 Å². The first-order valence-electron chi connectivity index (χ1n) is 9.89. The number of rotatable bonds is 5. The molecule has 162 valence electrons. The van der Waals surface area contributed by atoms with Crippen LogP contribution in [0.1, 0.15) is 42.3 Å². The summed E-state index contributed by atoms with van der Waals surface area (Å²) in [6.07, 6.45) is 0. The number of esters is 1. The lowest BCUT2D eigenvalue weighted by molar-refractivity contribution is -0.155. The second-order valence-electron chi connectivity index (χ2n) is 8.35. The number of nitrogen functional groups attached to an aromatic ring is 1. The first-order chi connectivity index (χ1) is 14.5. The molecule has 0 bridgehead atoms. The summed E-state index contributed by atoms with van der Waals surface area (Å²) in [5.74, 6) is -0.957. The molecule has 0 unspecified atom stereocenters. The maximum atomic E-state index is 13.1. The summed E-state index contributed by atoms with van der Waals surface area (Å²) in [7, 11) is 0. The lowest BCUT2D eigenvalue weighted by Gasteiger charge is -2.20. The number of hydrogen-bond donors (Lipinski definition) is 2. The van der Waals surface area contributed by atoms with Crippen LogP contribution in [0.2, 0.25) is 0 Å². The SMILES string of the molecule is Cc1ccc(CNC(=O)c2cc3ccc(N)nc3n(CC(=O)OC(C)(C)C)c2=O)cc1. The highest BCUT2D eigenvalue weighted by atomic mass is 16.6. The Labute approximate surface area is 180 Å². The van der Waals surface area contributed by atoms with Crippen LogP contribution < -0.4 is 16.6 Å². The number of carbonyl (C=O) groups excluding carboxylic acids is 2. The number of fused-ring (bicyclic) bond motifs is 1. The van der Waals surface area contributed by atoms with Crippen molar-refractivity contribution >= 4 is 28.7 Å². The minimum absolute atomic E-state index is 0.0882. The van der Waals surface area contributed by atoms with Crippen LogP contribution in [0.4, 0.5) is 5.82 Å². The van der Waals surface area contributed by atoms with E-state index in [1.54, 1.807) is 32.9 Å². The second-order valence-corrected chi connectivity index (χ2v) is 8.35. The average Bonchev–Trinajstić information content (AvgIpc) is 2.68. The zero-order valence-corrected chi connectivity index (χ0v) is 18.1. The zero-order chi connectivity index (χ0) is 22.8. The highest BCUT2D eigenvalue weighted by Gasteiger charge is 2.21. The van der Waals surface area contributed by atoms with Crippen LogP contribution in [-0.4, -0.2) is 27.0 Å². The van der Waals surface area contributed by atoms with Crippen molar-refractivity contribution < 1.29 is 14.3 Å². The number of benzene rings is 1. The van der Waals surface area contributed by atoms with E-state index in [0.29, 0.717) is 5.39 Å². The van der Waals surface area contributed by atoms with E-state index in [2.05, 4.69) is 10.3 Å². The van der Waals surface area contributed by atoms with Crippen LogP contribution in [0.3, 0.4) is 0 Å². The molecule has 0 saturated carbocycles. The smallest absolute Gasteiger partial charge is 0.326 e. The molecule has 0 saturated heterocycles. The summed E-state index contributed by atoms with van der Waals surface area (Å²) >= 11 is 0. The highest BCUT2D eigenvalue weighted by molar-refractivity contribution is 5.97. The lowest BCUT2D eigenvalue weighted by Crippen LogP contribution is -2.36. The summed E-state index contributed by atoms with van der Waals surface area (Å²) in [4.78, 5) is 42.5. The van der Waals surface area contributed by atoms with E-state index in [1.165, 1.54) is 6.07 Å². The molecule has 0 spiro atoms. The molecule has 0 fully saturated rings. The van der Waals surface area contributed by atoms with E-state index in [0.717, 1.165) is 15.7 Å². The van der Waals surface area contributed by atoms with Gasteiger partial charge in [-0.25, -0.2) is 4.98 Å². The predicted molar refractivity (Wildman–Crippen MR) is 119 cm³/mol. The van der Waals surface area contributed by atoms with Crippen molar-refractivity contribution in [2.24, 2.45) is 0 Å². The quantitative estimate of drug-likeness (QED) is 0.611. The van der Waals surface area contributed by atoms with Gasteiger partial charge in [0.25, 0.3) is 11.5 Å². The van der Waals surface area contributed by atoms with Gasteiger partial charge in [0, 0.05) is 11.9 Å². The van der Waals surface area contributed by atoms with Gasteiger partial charge >= 0.3 is 5.97 Å². The predicted octanol–water partition coefficient (Wildman–Crippen LogP) is 2.56. The molecule has 0 aliphatic rings. The first kappa shape index (κ1) is 22.0. The van der Waals surface area contributed by atoms with Gasteiger partial charge in [0.2, 0.25) is 0 Å². The normalized spacial score (nSPS) is 11.4. The third kappa shape index (κ3) is 5.48. The molecule has 2 heterocycles. The minimum Gasteiger partial charge on any atom is -0.459 e. The van der Waals surface area contributed by atoms with E-state index < -0.39 is 23.0 Å². The largest absolute Gasteiger partial charge is 0.459 e. The van der Waals surface area contributed by atoms with Crippen molar-refractivity contribution in [1.82, 2.24) is 14.9 Å². The van der Waals surface area contributed by atoms with Crippen molar-refractivity contribution in [3.8, 4) is 0 Å². The number of ether oxygens (including phenoxy) is 1. The van der Waals surface area contributed by atoms with Gasteiger partial charge in [0.1, 0.15) is 29.2 Å². The number of anilines is 1. The minimum atomic E-state index is -0.716. The Hall–Kier alpha value is -3.68. The van der Waals surface area contributed by atoms with E-state index in [-0.39, 0.29) is 30.1 Å². The maximum Gasteiger partial charge on any atom is 0.326 e. The Kier molecular flexibility index (Phi) is 6.10. The van der Waals surface area contributed by atoms with E-state index >= 15 is 0 Å². The highest BCUT2D eigenvalue weighted by Crippen LogP contribution is 2.15. The Balaban J connectivity index is 1.96. The lowest BCUT2D eigenvalue weighted by atomic mass is 10.1. The van der Waals surface area contributed by atoms with Crippen molar-refractivity contribution in [2.75, 3.05) is 5.73 Å². The van der Waals surface area contributed by atoms with Gasteiger partial charge in [0.15, 0.2) is 0 Å². The zero-order valence-electron chi connectivity index (χ0n) is 18.1. The molecular weight excluding hydrogens is 396 g/mol. The number of hydrogen-bond acceptors (Lipinski definition) is 6. The average molecular weight is 422 g/mol. The van der Waals surface area contributed by atoms with E-state index in [4.69, 9.17) is 10.5 Å². The molecule has 3 aromatic rings. The van der Waals surface area contributed by atoms with E-state index in [1.807, 2.05) is 31.2 Å². The molecule has 3 N–H and O–H groups in total. The van der Waals surface area contributed by atoms with Crippen LogP contribution in [-0.2, 0) is 22.6 Å². The summed E-state index contributed by atoms with van der Waals surface area (Å²) in [6, 6.07) is 12.4. The summed E-state index contributed by atoms with van der Waals surface area (Å²) in [6.45, 7) is 7.06. The molecule has 1 aromatic carbocycles. The van der Waals surface area contributed by atoms with Gasteiger partial charge in [-0.3, -0.25) is 19.0 Å². The molecule has 3 rings (SSSR count). The van der Waals surface area contributed by atoms with Crippen molar-refractivity contribution in [2.45, 2.75) is 46.4 Å². The monoisotopic (exact) mass is 422 g/mol. The topological polar surface area (TPSA) is 116 Å². The third-order valence-electron chi connectivity index (χ3n) is 4.48. The molecule has 8 heteroatoms. The Morgan fingerprint density at radius 3 is 2.45 bits per heavy atom. The molecule has 0 aliphatic heterocycles. The summed E-state index contributed by atoms with van der Waals surface area (Å²) in [5, 5.41) is 3.27. The number of aryl methyl sites for hydroxylation is 1. The summed E-state index contributed by atoms with van der Waals surface area (Å²) in [5.41, 5.74) is 6.56. The number of carbonyl (C=O) groups is 2. The number of nitrogens with two attached hydrogens (primary N) is 1. The molecule has 0 atom stereocenters. The number of aromatic nitrogens is 2. The fourth-order valence-corrected chi connectivity index (χ4v) is 3.06. The fourth-order valence-electron chi connectivity index (χ4n) is 3.06. The van der Waals surface area contributed by atoms with Gasteiger partial charge < -0.3 is 15.8 Å². The van der Waals surface area contributed by atoms with Crippen LogP contribution >= 0.6 is 0 Å². The molecule has 0 radical (unpaired) electrons. The first-order valence-corrected chi connectivity index (χ1v) is 9.89. The summed E-state index contributed by atoms with van der Waals surface area (Å²) < 4.78 is 6.46. The van der Waals surface area contributed by atoms with E-state index in [9.17, 15) is 14.4 Å². The maximum absolute atomic E-state index is 13.1. The van der Waals surface area contributed by atoms with Crippen LogP contribution in [0.15, 0.2) is 47.3 Å². The Bertz CT molecular complexity index is 1190. The molecular formula is C23H26N4O4. The van der Waals surface area contributed by atoms with Gasteiger partial charge in [-0.15, -0.1) is 0 Å². The van der Waals surface area contributed by atoms with Gasteiger partial charge in [0.05, 0.1) is 0 Å². The Morgan fingerprint density at radius 1 is 1.13 bits per heavy atom. The number of nitrogens with one attached hydrogen (secondary N) is 1. The van der Waals surface area contributed by atoms with Crippen LogP contribution in [0, 0.1) is 6.92 Å². The molecule has 1 amide bonds. The number of nitrogens with zero attached hydrogens (tertiary/aromatic N) is 2. The van der Waals surface area contributed by atoms with Crippen molar-refractivity contribution in [1.29, 1.82) is 0 Å². The number of pyridine rings is 2. The Morgan fingerprint density at radius 2 is 1.81 bits per heavy atom. The molecule has 8 nitrogen and oxygen atoms in total. The molecule has 0 aliphatic carbocycles. The number of amides is 1. The van der Waals surface area contributed by atoms with Crippen LogP contribution in [0.5, 0.6) is 0 Å². The molecule has 2 aromatic heterocycles. The van der Waals surface area contributed by atoms with Crippen LogP contribution in [0.25, 0.3) is 11.0 Å². The fraction of sp³-hybridized carbons (Fsp3) is 0.304. The standard InChI is InChI=1S/C23H26N4O4/c1-14-5-7-15(8-6-14)12-25-21(29)17-11-16-9-10-18(24)26-20(16)27(22(17)30)13-19(28)31-23(2,3)4/h5-11H,12-13H2,1-4H3,(H2,24,26)(H,25,29). The van der Waals surface area contributed by atoms with Gasteiger partial charge in [-0.05, 0) is 51.5 Å². The third-order valence-corrected chi connectivity index (χ3v) is 4.48. The van der Waals surface area contributed by atoms with Gasteiger partial charge in [-0.2, -0.15) is 0 Å². The van der Waals surface area contributed by atoms with Crippen molar-refractivity contribution in [3.05, 3.63) is 69.5 Å². The van der Waals surface area contributed by atoms with Gasteiger partial charge in [-0.1, -0.05) is 29.8 Å². The molecule has 31 heavy (non-hydrogen) atoms.